The zero-order valence-electron chi connectivity index (χ0n) is 10.8. The van der Waals surface area contributed by atoms with Gasteiger partial charge >= 0.3 is 0 Å². The molecule has 0 aliphatic heterocycles. The van der Waals surface area contributed by atoms with Crippen LogP contribution in [0, 0.1) is 5.92 Å². The Morgan fingerprint density at radius 1 is 1.50 bits per heavy atom. The van der Waals surface area contributed by atoms with Crippen LogP contribution in [0.2, 0.25) is 0 Å². The third-order valence-electron chi connectivity index (χ3n) is 2.97. The van der Waals surface area contributed by atoms with Gasteiger partial charge in [0.15, 0.2) is 0 Å². The molecule has 0 saturated heterocycles. The van der Waals surface area contributed by atoms with E-state index in [-0.39, 0.29) is 22.4 Å². The van der Waals surface area contributed by atoms with E-state index in [0.717, 1.165) is 0 Å². The molecule has 0 aromatic rings. The zero-order chi connectivity index (χ0) is 12.9. The maximum absolute atomic E-state index is 11.8. The Morgan fingerprint density at radius 2 is 2.00 bits per heavy atom. The van der Waals surface area contributed by atoms with Gasteiger partial charge in [0.25, 0.3) is 0 Å². The van der Waals surface area contributed by atoms with E-state index in [2.05, 4.69) is 24.1 Å². The van der Waals surface area contributed by atoms with Crippen molar-refractivity contribution in [2.24, 2.45) is 11.7 Å². The largest absolute Gasteiger partial charge is 0.393 e. The molecule has 1 atom stereocenters. The molecule has 0 aromatic carbocycles. The van der Waals surface area contributed by atoms with Crippen molar-refractivity contribution < 1.29 is 4.79 Å². The van der Waals surface area contributed by atoms with Crippen LogP contribution in [-0.2, 0) is 4.79 Å². The number of carbonyl (C=O) groups is 1. The van der Waals surface area contributed by atoms with Crippen molar-refractivity contribution >= 4 is 23.1 Å². The van der Waals surface area contributed by atoms with Gasteiger partial charge in [-0.1, -0.05) is 19.1 Å². The first-order valence-corrected chi connectivity index (χ1v) is 5.87. The van der Waals surface area contributed by atoms with E-state index in [4.69, 9.17) is 18.0 Å². The van der Waals surface area contributed by atoms with Crippen molar-refractivity contribution in [2.45, 2.75) is 32.7 Å². The highest BCUT2D eigenvalue weighted by atomic mass is 32.1. The van der Waals surface area contributed by atoms with E-state index >= 15 is 0 Å². The molecule has 0 fully saturated rings. The second-order valence-corrected chi connectivity index (χ2v) is 5.26. The van der Waals surface area contributed by atoms with Crippen molar-refractivity contribution in [3.8, 4) is 0 Å². The number of thiocarbonyl (C=S) groups is 1. The van der Waals surface area contributed by atoms with E-state index in [9.17, 15) is 4.79 Å². The molecule has 0 aromatic heterocycles. The summed E-state index contributed by atoms with van der Waals surface area (Å²) >= 11 is 4.86. The quantitative estimate of drug-likeness (QED) is 0.678. The summed E-state index contributed by atoms with van der Waals surface area (Å²) in [4.78, 5) is 14.1. The molecular weight excluding hydrogens is 222 g/mol. The number of amides is 1. The van der Waals surface area contributed by atoms with Gasteiger partial charge < -0.3 is 16.0 Å². The standard InChI is InChI=1S/C11H23N3OS/c1-6-8(9(12)16)10(15)13-7-11(2,3)14(4)5/h8H,6-7H2,1-5H3,(H2,12,16)(H,13,15). The number of nitrogens with zero attached hydrogens (tertiary/aromatic N) is 1. The fraction of sp³-hybridized carbons (Fsp3) is 0.818. The molecule has 0 heterocycles. The lowest BCUT2D eigenvalue weighted by atomic mass is 10.0. The van der Waals surface area contributed by atoms with Gasteiger partial charge in [-0.3, -0.25) is 4.79 Å². The molecule has 0 saturated carbocycles. The van der Waals surface area contributed by atoms with Gasteiger partial charge in [0, 0.05) is 12.1 Å². The molecule has 16 heavy (non-hydrogen) atoms. The van der Waals surface area contributed by atoms with Crippen LogP contribution in [0.1, 0.15) is 27.2 Å². The zero-order valence-corrected chi connectivity index (χ0v) is 11.6. The lowest BCUT2D eigenvalue weighted by Gasteiger charge is -2.33. The maximum Gasteiger partial charge on any atom is 0.229 e. The summed E-state index contributed by atoms with van der Waals surface area (Å²) in [6, 6.07) is 0. The van der Waals surface area contributed by atoms with E-state index in [0.29, 0.717) is 13.0 Å². The Kier molecular flexibility index (Phi) is 5.89. The summed E-state index contributed by atoms with van der Waals surface area (Å²) in [6.45, 7) is 6.61. The summed E-state index contributed by atoms with van der Waals surface area (Å²) < 4.78 is 0. The highest BCUT2D eigenvalue weighted by molar-refractivity contribution is 7.80. The number of likely N-dealkylation sites (N-methyl/N-ethyl adjacent to an activating group) is 1. The number of nitrogens with two attached hydrogens (primary N) is 1. The van der Waals surface area contributed by atoms with Crippen LogP contribution in [0.3, 0.4) is 0 Å². The minimum Gasteiger partial charge on any atom is -0.393 e. The molecule has 94 valence electrons. The van der Waals surface area contributed by atoms with Crippen molar-refractivity contribution in [3.05, 3.63) is 0 Å². The number of rotatable bonds is 6. The molecule has 0 spiro atoms. The van der Waals surface area contributed by atoms with E-state index < -0.39 is 0 Å². The highest BCUT2D eigenvalue weighted by Gasteiger charge is 2.24. The Balaban J connectivity index is 4.31. The molecule has 5 heteroatoms. The number of carbonyl (C=O) groups excluding carboxylic acids is 1. The van der Waals surface area contributed by atoms with Crippen LogP contribution >= 0.6 is 12.2 Å². The van der Waals surface area contributed by atoms with Crippen molar-refractivity contribution in [1.82, 2.24) is 10.2 Å². The van der Waals surface area contributed by atoms with Gasteiger partial charge in [-0.05, 0) is 34.4 Å². The van der Waals surface area contributed by atoms with Crippen LogP contribution in [0.25, 0.3) is 0 Å². The maximum atomic E-state index is 11.8. The fourth-order valence-corrected chi connectivity index (χ4v) is 1.37. The first-order valence-electron chi connectivity index (χ1n) is 5.46. The average Bonchev–Trinajstić information content (AvgIpc) is 2.15. The van der Waals surface area contributed by atoms with Crippen LogP contribution in [0.15, 0.2) is 0 Å². The first kappa shape index (κ1) is 15.3. The van der Waals surface area contributed by atoms with Crippen LogP contribution in [0.4, 0.5) is 0 Å². The Bertz CT molecular complexity index is 264. The molecule has 0 rings (SSSR count). The van der Waals surface area contributed by atoms with Crippen LogP contribution < -0.4 is 11.1 Å². The van der Waals surface area contributed by atoms with Crippen LogP contribution in [-0.4, -0.2) is 42.0 Å². The third-order valence-corrected chi connectivity index (χ3v) is 3.26. The summed E-state index contributed by atoms with van der Waals surface area (Å²) in [5, 5.41) is 2.89. The monoisotopic (exact) mass is 245 g/mol. The number of nitrogens with one attached hydrogen (secondary N) is 1. The molecule has 0 radical (unpaired) electrons. The molecular formula is C11H23N3OS. The lowest BCUT2D eigenvalue weighted by molar-refractivity contribution is -0.123. The van der Waals surface area contributed by atoms with E-state index in [1.807, 2.05) is 21.0 Å². The van der Waals surface area contributed by atoms with Gasteiger partial charge in [-0.2, -0.15) is 0 Å². The Morgan fingerprint density at radius 3 is 2.31 bits per heavy atom. The summed E-state index contributed by atoms with van der Waals surface area (Å²) in [6.07, 6.45) is 0.642. The number of hydrogen-bond donors (Lipinski definition) is 2. The second-order valence-electron chi connectivity index (χ2n) is 4.79. The molecule has 1 amide bonds. The molecule has 4 nitrogen and oxygen atoms in total. The third kappa shape index (κ3) is 4.45. The summed E-state index contributed by atoms with van der Waals surface area (Å²) in [5.41, 5.74) is 5.43. The lowest BCUT2D eigenvalue weighted by Crippen LogP contribution is -2.50. The average molecular weight is 245 g/mol. The van der Waals surface area contributed by atoms with Gasteiger partial charge in [0.1, 0.15) is 0 Å². The second kappa shape index (κ2) is 6.15. The van der Waals surface area contributed by atoms with Gasteiger partial charge in [0.2, 0.25) is 5.91 Å². The predicted molar refractivity (Wildman–Crippen MR) is 71.3 cm³/mol. The fourth-order valence-electron chi connectivity index (χ4n) is 1.10. The van der Waals surface area contributed by atoms with E-state index in [1.165, 1.54) is 0 Å². The topological polar surface area (TPSA) is 58.4 Å². The molecule has 1 unspecified atom stereocenters. The number of hydrogen-bond acceptors (Lipinski definition) is 3. The van der Waals surface area contributed by atoms with E-state index in [1.54, 1.807) is 0 Å². The summed E-state index contributed by atoms with van der Waals surface area (Å²) in [7, 11) is 3.97. The first-order chi connectivity index (χ1) is 7.22. The van der Waals surface area contributed by atoms with Crippen molar-refractivity contribution in [1.29, 1.82) is 0 Å². The smallest absolute Gasteiger partial charge is 0.229 e. The Hall–Kier alpha value is -0.680. The summed E-state index contributed by atoms with van der Waals surface area (Å²) in [5.74, 6) is -0.433. The minimum atomic E-state index is -0.354. The van der Waals surface area contributed by atoms with Gasteiger partial charge in [-0.25, -0.2) is 0 Å². The SMILES string of the molecule is CCC(C(=O)NCC(C)(C)N(C)C)C(N)=S. The van der Waals surface area contributed by atoms with Gasteiger partial charge in [0.05, 0.1) is 10.9 Å². The molecule has 3 N–H and O–H groups in total. The van der Waals surface area contributed by atoms with Crippen molar-refractivity contribution in [2.75, 3.05) is 20.6 Å². The minimum absolute atomic E-state index is 0.0788. The Labute approximate surface area is 104 Å². The highest BCUT2D eigenvalue weighted by Crippen LogP contribution is 2.09. The van der Waals surface area contributed by atoms with Crippen LogP contribution in [0.5, 0.6) is 0 Å². The normalized spacial score (nSPS) is 13.6. The van der Waals surface area contributed by atoms with Gasteiger partial charge in [-0.15, -0.1) is 0 Å². The molecule has 0 bridgehead atoms. The molecule has 0 aliphatic carbocycles. The van der Waals surface area contributed by atoms with Crippen molar-refractivity contribution in [3.63, 3.8) is 0 Å². The predicted octanol–water partition coefficient (Wildman–Crippen LogP) is 0.755. The molecule has 0 aliphatic rings.